The Bertz CT molecular complexity index is 512. The number of carboxylic acid groups (broad SMARTS) is 1. The number of aliphatic carboxylic acids is 1. The van der Waals surface area contributed by atoms with Crippen LogP contribution in [0.1, 0.15) is 26.0 Å². The molecule has 0 saturated carbocycles. The topological polar surface area (TPSA) is 101 Å². The Kier molecular flexibility index (Phi) is 5.06. The lowest BCUT2D eigenvalue weighted by atomic mass is 10.2. The van der Waals surface area contributed by atoms with Crippen molar-refractivity contribution in [1.82, 2.24) is 9.78 Å². The van der Waals surface area contributed by atoms with Crippen LogP contribution in [0.3, 0.4) is 0 Å². The second kappa shape index (κ2) is 6.36. The normalized spacial score (nSPS) is 12.2. The molecule has 1 unspecified atom stereocenters. The first-order valence-corrected chi connectivity index (χ1v) is 6.45. The van der Waals surface area contributed by atoms with Crippen LogP contribution in [0.25, 0.3) is 0 Å². The molecule has 0 radical (unpaired) electrons. The van der Waals surface area contributed by atoms with Gasteiger partial charge in [-0.2, -0.15) is 5.10 Å². The number of aryl methyl sites for hydroxylation is 2. The summed E-state index contributed by atoms with van der Waals surface area (Å²) in [6, 6.07) is 0. The molecular weight excluding hydrogens is 264 g/mol. The van der Waals surface area contributed by atoms with Gasteiger partial charge < -0.3 is 10.0 Å². The minimum absolute atomic E-state index is 0.0569. The lowest BCUT2D eigenvalue weighted by Gasteiger charge is -2.21. The fourth-order valence-corrected chi connectivity index (χ4v) is 2.09. The Labute approximate surface area is 117 Å². The van der Waals surface area contributed by atoms with Crippen LogP contribution in [0.15, 0.2) is 0 Å². The Morgan fingerprint density at radius 1 is 1.60 bits per heavy atom. The highest BCUT2D eigenvalue weighted by molar-refractivity contribution is 5.71. The van der Waals surface area contributed by atoms with Gasteiger partial charge in [-0.25, -0.2) is 4.68 Å². The third-order valence-electron chi connectivity index (χ3n) is 3.02. The van der Waals surface area contributed by atoms with Crippen LogP contribution in [-0.2, 0) is 11.3 Å². The van der Waals surface area contributed by atoms with E-state index in [-0.39, 0.29) is 12.2 Å². The van der Waals surface area contributed by atoms with E-state index in [1.165, 1.54) is 0 Å². The van der Waals surface area contributed by atoms with Gasteiger partial charge in [0.25, 0.3) is 0 Å². The van der Waals surface area contributed by atoms with Crippen LogP contribution in [-0.4, -0.2) is 39.4 Å². The molecule has 0 saturated heterocycles. The SMILES string of the molecule is CCCn1nc(C)c([N+](=O)[O-])c1N(C)CC(C)C(=O)O. The molecule has 1 N–H and O–H groups in total. The van der Waals surface area contributed by atoms with Crippen molar-refractivity contribution < 1.29 is 14.8 Å². The molecule has 8 nitrogen and oxygen atoms in total. The molecular formula is C12H20N4O4. The molecule has 1 aromatic rings. The number of aromatic nitrogens is 2. The summed E-state index contributed by atoms with van der Waals surface area (Å²) in [7, 11) is 1.65. The van der Waals surface area contributed by atoms with Gasteiger partial charge in [0, 0.05) is 20.1 Å². The highest BCUT2D eigenvalue weighted by atomic mass is 16.6. The minimum atomic E-state index is -0.933. The lowest BCUT2D eigenvalue weighted by molar-refractivity contribution is -0.384. The highest BCUT2D eigenvalue weighted by Gasteiger charge is 2.29. The zero-order valence-corrected chi connectivity index (χ0v) is 12.2. The van der Waals surface area contributed by atoms with Crippen LogP contribution < -0.4 is 4.90 Å². The van der Waals surface area contributed by atoms with E-state index in [1.807, 2.05) is 6.92 Å². The Morgan fingerprint density at radius 2 is 2.20 bits per heavy atom. The van der Waals surface area contributed by atoms with Crippen molar-refractivity contribution in [2.45, 2.75) is 33.7 Å². The van der Waals surface area contributed by atoms with E-state index in [9.17, 15) is 14.9 Å². The molecule has 8 heteroatoms. The standard InChI is InChI=1S/C12H20N4O4/c1-5-6-15-11(10(16(19)20)9(3)13-15)14(4)7-8(2)12(17)18/h8H,5-7H2,1-4H3,(H,17,18). The van der Waals surface area contributed by atoms with Crippen molar-refractivity contribution in [3.8, 4) is 0 Å². The molecule has 0 aliphatic rings. The maximum atomic E-state index is 11.2. The van der Waals surface area contributed by atoms with Crippen molar-refractivity contribution in [2.75, 3.05) is 18.5 Å². The number of rotatable bonds is 7. The summed E-state index contributed by atoms with van der Waals surface area (Å²) in [4.78, 5) is 23.2. The van der Waals surface area contributed by atoms with Crippen LogP contribution in [0.5, 0.6) is 0 Å². The fourth-order valence-electron chi connectivity index (χ4n) is 2.09. The first kappa shape index (κ1) is 15.9. The van der Waals surface area contributed by atoms with Gasteiger partial charge in [0.05, 0.1) is 10.8 Å². The molecule has 0 bridgehead atoms. The first-order chi connectivity index (χ1) is 9.29. The quantitative estimate of drug-likeness (QED) is 0.603. The van der Waals surface area contributed by atoms with Gasteiger partial charge >= 0.3 is 11.7 Å². The maximum Gasteiger partial charge on any atom is 0.333 e. The van der Waals surface area contributed by atoms with Crippen molar-refractivity contribution in [2.24, 2.45) is 5.92 Å². The molecule has 1 atom stereocenters. The average Bonchev–Trinajstić information content (AvgIpc) is 2.66. The van der Waals surface area contributed by atoms with Gasteiger partial charge in [-0.15, -0.1) is 0 Å². The lowest BCUT2D eigenvalue weighted by Crippen LogP contribution is -2.30. The Morgan fingerprint density at radius 3 is 2.65 bits per heavy atom. The van der Waals surface area contributed by atoms with Gasteiger partial charge in [-0.1, -0.05) is 13.8 Å². The maximum absolute atomic E-state index is 11.2. The van der Waals surface area contributed by atoms with Crippen molar-refractivity contribution >= 4 is 17.5 Å². The van der Waals surface area contributed by atoms with Crippen molar-refractivity contribution in [1.29, 1.82) is 0 Å². The molecule has 0 aliphatic heterocycles. The zero-order valence-electron chi connectivity index (χ0n) is 12.2. The van der Waals surface area contributed by atoms with E-state index in [0.29, 0.717) is 18.1 Å². The monoisotopic (exact) mass is 284 g/mol. The fraction of sp³-hybridized carbons (Fsp3) is 0.667. The smallest absolute Gasteiger partial charge is 0.333 e. The second-order valence-electron chi connectivity index (χ2n) is 4.86. The summed E-state index contributed by atoms with van der Waals surface area (Å²) in [5.74, 6) is -1.19. The van der Waals surface area contributed by atoms with E-state index in [4.69, 9.17) is 5.11 Å². The summed E-state index contributed by atoms with van der Waals surface area (Å²) < 4.78 is 1.57. The molecule has 20 heavy (non-hydrogen) atoms. The van der Waals surface area contributed by atoms with Gasteiger partial charge in [0.1, 0.15) is 5.69 Å². The predicted octanol–water partition coefficient (Wildman–Crippen LogP) is 1.67. The summed E-state index contributed by atoms with van der Waals surface area (Å²) in [6.07, 6.45) is 0.785. The van der Waals surface area contributed by atoms with E-state index < -0.39 is 16.8 Å². The molecule has 1 heterocycles. The number of hydrogen-bond acceptors (Lipinski definition) is 5. The van der Waals surface area contributed by atoms with E-state index in [2.05, 4.69) is 5.10 Å². The first-order valence-electron chi connectivity index (χ1n) is 6.45. The van der Waals surface area contributed by atoms with Gasteiger partial charge in [0.2, 0.25) is 5.82 Å². The van der Waals surface area contributed by atoms with Crippen LogP contribution in [0, 0.1) is 23.0 Å². The highest BCUT2D eigenvalue weighted by Crippen LogP contribution is 2.31. The predicted molar refractivity (Wildman–Crippen MR) is 74.0 cm³/mol. The zero-order chi connectivity index (χ0) is 15.4. The Hall–Kier alpha value is -2.12. The number of nitrogens with zero attached hydrogens (tertiary/aromatic N) is 4. The number of carbonyl (C=O) groups is 1. The second-order valence-corrected chi connectivity index (χ2v) is 4.86. The average molecular weight is 284 g/mol. The summed E-state index contributed by atoms with van der Waals surface area (Å²) in [6.45, 7) is 5.84. The van der Waals surface area contributed by atoms with Crippen LogP contribution in [0.4, 0.5) is 11.5 Å². The van der Waals surface area contributed by atoms with E-state index in [0.717, 1.165) is 6.42 Å². The molecule has 0 aliphatic carbocycles. The number of anilines is 1. The summed E-state index contributed by atoms with van der Waals surface area (Å²) >= 11 is 0. The molecule has 0 aromatic carbocycles. The summed E-state index contributed by atoms with van der Waals surface area (Å²) in [5.41, 5.74) is 0.284. The molecule has 0 amide bonds. The van der Waals surface area contributed by atoms with Gasteiger partial charge in [-0.05, 0) is 13.3 Å². The van der Waals surface area contributed by atoms with Crippen molar-refractivity contribution in [3.05, 3.63) is 15.8 Å². The third kappa shape index (κ3) is 3.25. The number of hydrogen-bond donors (Lipinski definition) is 1. The largest absolute Gasteiger partial charge is 0.481 e. The van der Waals surface area contributed by atoms with Crippen molar-refractivity contribution in [3.63, 3.8) is 0 Å². The Balaban J connectivity index is 3.18. The molecule has 0 fully saturated rings. The molecule has 1 aromatic heterocycles. The molecule has 0 spiro atoms. The van der Waals surface area contributed by atoms with Gasteiger partial charge in [-0.3, -0.25) is 14.9 Å². The molecule has 112 valence electrons. The van der Waals surface area contributed by atoms with Gasteiger partial charge in [0.15, 0.2) is 0 Å². The third-order valence-corrected chi connectivity index (χ3v) is 3.02. The molecule has 1 rings (SSSR count). The number of nitro groups is 1. The van der Waals surface area contributed by atoms with E-state index in [1.54, 1.807) is 30.5 Å². The number of carboxylic acids is 1. The minimum Gasteiger partial charge on any atom is -0.481 e. The van der Waals surface area contributed by atoms with Crippen LogP contribution in [0.2, 0.25) is 0 Å². The summed E-state index contributed by atoms with van der Waals surface area (Å²) in [5, 5.41) is 24.3. The van der Waals surface area contributed by atoms with Crippen LogP contribution >= 0.6 is 0 Å². The van der Waals surface area contributed by atoms with E-state index >= 15 is 0 Å².